The highest BCUT2D eigenvalue weighted by Gasteiger charge is 2.48. The van der Waals surface area contributed by atoms with Crippen LogP contribution >= 0.6 is 0 Å². The first-order valence-corrected chi connectivity index (χ1v) is 7.10. The van der Waals surface area contributed by atoms with E-state index in [0.29, 0.717) is 10.8 Å². The Hall–Kier alpha value is -0.870. The molecule has 4 rings (SSSR count). The quantitative estimate of drug-likeness (QED) is 0.786. The van der Waals surface area contributed by atoms with Crippen molar-refractivity contribution in [1.29, 1.82) is 0 Å². The summed E-state index contributed by atoms with van der Waals surface area (Å²) in [6.45, 7) is 2.68. The van der Waals surface area contributed by atoms with Crippen LogP contribution < -0.4 is 0 Å². The summed E-state index contributed by atoms with van der Waals surface area (Å²) in [5, 5.41) is 0. The van der Waals surface area contributed by atoms with E-state index in [-0.39, 0.29) is 6.04 Å². The third kappa shape index (κ3) is 1.40. The molecule has 1 saturated carbocycles. The van der Waals surface area contributed by atoms with Crippen LogP contribution in [-0.4, -0.2) is 25.3 Å². The van der Waals surface area contributed by atoms with Gasteiger partial charge in [0, 0.05) is 12.6 Å². The summed E-state index contributed by atoms with van der Waals surface area (Å²) in [6.07, 6.45) is 2.12. The summed E-state index contributed by atoms with van der Waals surface area (Å²) in [7, 11) is -3.23. The van der Waals surface area contributed by atoms with Gasteiger partial charge in [0.25, 0.3) is 0 Å². The Morgan fingerprint density at radius 3 is 2.31 bits per heavy atom. The minimum Gasteiger partial charge on any atom is -0.207 e. The van der Waals surface area contributed by atoms with Gasteiger partial charge in [0.05, 0.1) is 4.90 Å². The van der Waals surface area contributed by atoms with Gasteiger partial charge in [-0.25, -0.2) is 8.42 Å². The molecule has 3 aliphatic rings. The van der Waals surface area contributed by atoms with Crippen molar-refractivity contribution < 1.29 is 8.42 Å². The van der Waals surface area contributed by atoms with E-state index in [0.717, 1.165) is 24.9 Å². The van der Waals surface area contributed by atoms with Crippen molar-refractivity contribution in [3.05, 3.63) is 29.8 Å². The zero-order valence-electron chi connectivity index (χ0n) is 9.26. The van der Waals surface area contributed by atoms with Crippen LogP contribution in [0.1, 0.15) is 18.4 Å². The van der Waals surface area contributed by atoms with E-state index in [4.69, 9.17) is 0 Å². The number of rotatable bonds is 2. The van der Waals surface area contributed by atoms with Gasteiger partial charge >= 0.3 is 0 Å². The molecule has 2 saturated heterocycles. The van der Waals surface area contributed by atoms with Crippen molar-refractivity contribution in [3.63, 3.8) is 0 Å². The van der Waals surface area contributed by atoms with Crippen LogP contribution in [0.4, 0.5) is 0 Å². The second-order valence-electron chi connectivity index (χ2n) is 4.88. The molecule has 0 unspecified atom stereocenters. The summed E-state index contributed by atoms with van der Waals surface area (Å²) in [6, 6.07) is 7.40. The standard InChI is InChI=1S/C12H15NO2S/c1-9-2-4-12(5-3-9)16(14,15)13-8-10-6-11(13)7-10/h2-5,10-11H,6-8H2,1H3. The number of fused-ring (bicyclic) bond motifs is 1. The largest absolute Gasteiger partial charge is 0.243 e. The number of sulfonamides is 1. The first kappa shape index (κ1) is 10.3. The van der Waals surface area contributed by atoms with Crippen LogP contribution in [0, 0.1) is 12.8 Å². The van der Waals surface area contributed by atoms with Crippen LogP contribution in [0.15, 0.2) is 29.2 Å². The normalized spacial score (nSPS) is 29.1. The Labute approximate surface area is 96.1 Å². The zero-order valence-corrected chi connectivity index (χ0v) is 10.1. The van der Waals surface area contributed by atoms with Crippen LogP contribution in [0.5, 0.6) is 0 Å². The fourth-order valence-corrected chi connectivity index (χ4v) is 4.35. The summed E-state index contributed by atoms with van der Waals surface area (Å²) in [4.78, 5) is 0.436. The molecule has 0 spiro atoms. The van der Waals surface area contributed by atoms with E-state index in [9.17, 15) is 8.42 Å². The Morgan fingerprint density at radius 1 is 1.19 bits per heavy atom. The molecule has 2 heterocycles. The third-order valence-corrected chi connectivity index (χ3v) is 5.62. The van der Waals surface area contributed by atoms with Crippen molar-refractivity contribution in [3.8, 4) is 0 Å². The maximum absolute atomic E-state index is 12.3. The SMILES string of the molecule is Cc1ccc(S(=O)(=O)N2CC3CC2C3)cc1. The van der Waals surface area contributed by atoms with Crippen molar-refractivity contribution in [2.75, 3.05) is 6.54 Å². The molecular weight excluding hydrogens is 222 g/mol. The maximum Gasteiger partial charge on any atom is 0.243 e. The lowest BCUT2D eigenvalue weighted by atomic mass is 9.87. The predicted octanol–water partition coefficient (Wildman–Crippen LogP) is 1.78. The van der Waals surface area contributed by atoms with E-state index in [1.54, 1.807) is 16.4 Å². The van der Waals surface area contributed by atoms with Crippen LogP contribution in [0.2, 0.25) is 0 Å². The molecule has 86 valence electrons. The smallest absolute Gasteiger partial charge is 0.207 e. The van der Waals surface area contributed by atoms with Crippen molar-refractivity contribution in [2.24, 2.45) is 5.92 Å². The number of hydrogen-bond donors (Lipinski definition) is 0. The summed E-state index contributed by atoms with van der Waals surface area (Å²) in [5.74, 6) is 0.616. The molecule has 1 aromatic carbocycles. The first-order valence-electron chi connectivity index (χ1n) is 5.66. The number of benzene rings is 1. The molecule has 0 N–H and O–H groups in total. The summed E-state index contributed by atoms with van der Waals surface area (Å²) < 4.78 is 26.3. The van der Waals surface area contributed by atoms with Gasteiger partial charge in [-0.1, -0.05) is 17.7 Å². The monoisotopic (exact) mass is 237 g/mol. The first-order chi connectivity index (χ1) is 7.57. The molecule has 0 aromatic heterocycles. The van der Waals surface area contributed by atoms with Gasteiger partial charge in [-0.05, 0) is 37.8 Å². The van der Waals surface area contributed by atoms with E-state index >= 15 is 0 Å². The Balaban J connectivity index is 1.96. The second kappa shape index (κ2) is 3.31. The molecule has 1 aromatic rings. The minimum absolute atomic E-state index is 0.274. The Morgan fingerprint density at radius 2 is 1.81 bits per heavy atom. The molecule has 0 radical (unpaired) electrons. The van der Waals surface area contributed by atoms with Crippen molar-refractivity contribution in [2.45, 2.75) is 30.7 Å². The van der Waals surface area contributed by atoms with E-state index in [1.807, 2.05) is 19.1 Å². The maximum atomic E-state index is 12.3. The van der Waals surface area contributed by atoms with E-state index in [2.05, 4.69) is 0 Å². The van der Waals surface area contributed by atoms with Gasteiger partial charge < -0.3 is 0 Å². The molecule has 2 bridgehead atoms. The lowest BCUT2D eigenvalue weighted by Gasteiger charge is -2.25. The number of aryl methyl sites for hydroxylation is 1. The van der Waals surface area contributed by atoms with Gasteiger partial charge in [-0.2, -0.15) is 4.31 Å². The Bertz CT molecular complexity index is 500. The predicted molar refractivity (Wildman–Crippen MR) is 61.6 cm³/mol. The molecule has 2 aliphatic heterocycles. The molecule has 0 amide bonds. The molecule has 1 aliphatic carbocycles. The highest BCUT2D eigenvalue weighted by atomic mass is 32.2. The van der Waals surface area contributed by atoms with Gasteiger partial charge in [0.2, 0.25) is 10.0 Å². The average molecular weight is 237 g/mol. The van der Waals surface area contributed by atoms with Crippen molar-refractivity contribution in [1.82, 2.24) is 4.31 Å². The van der Waals surface area contributed by atoms with E-state index < -0.39 is 10.0 Å². The summed E-state index contributed by atoms with van der Waals surface area (Å²) in [5.41, 5.74) is 1.09. The van der Waals surface area contributed by atoms with Gasteiger partial charge in [0.1, 0.15) is 0 Å². The van der Waals surface area contributed by atoms with Crippen molar-refractivity contribution >= 4 is 10.0 Å². The topological polar surface area (TPSA) is 37.4 Å². The fraction of sp³-hybridized carbons (Fsp3) is 0.500. The lowest BCUT2D eigenvalue weighted by Crippen LogP contribution is -2.34. The highest BCUT2D eigenvalue weighted by molar-refractivity contribution is 7.89. The van der Waals surface area contributed by atoms with Gasteiger partial charge in [-0.3, -0.25) is 0 Å². The van der Waals surface area contributed by atoms with Crippen LogP contribution in [0.25, 0.3) is 0 Å². The zero-order chi connectivity index (χ0) is 11.3. The van der Waals surface area contributed by atoms with Crippen LogP contribution in [-0.2, 0) is 10.0 Å². The van der Waals surface area contributed by atoms with E-state index in [1.165, 1.54) is 0 Å². The molecule has 3 fully saturated rings. The molecule has 16 heavy (non-hydrogen) atoms. The van der Waals surface area contributed by atoms with Crippen LogP contribution in [0.3, 0.4) is 0 Å². The fourth-order valence-electron chi connectivity index (χ4n) is 2.63. The molecule has 4 heteroatoms. The summed E-state index contributed by atoms with van der Waals surface area (Å²) >= 11 is 0. The number of hydrogen-bond acceptors (Lipinski definition) is 2. The molecule has 0 atom stereocenters. The molecular formula is C12H15NO2S. The third-order valence-electron chi connectivity index (χ3n) is 3.68. The Kier molecular flexibility index (Phi) is 2.13. The molecule has 3 nitrogen and oxygen atoms in total. The second-order valence-corrected chi connectivity index (χ2v) is 6.77. The minimum atomic E-state index is -3.23. The van der Waals surface area contributed by atoms with Gasteiger partial charge in [0.15, 0.2) is 0 Å². The van der Waals surface area contributed by atoms with Gasteiger partial charge in [-0.15, -0.1) is 0 Å². The average Bonchev–Trinajstić information content (AvgIpc) is 2.76. The highest BCUT2D eigenvalue weighted by Crippen LogP contribution is 2.43. The lowest BCUT2D eigenvalue weighted by molar-refractivity contribution is 0.326. The number of nitrogens with zero attached hydrogens (tertiary/aromatic N) is 1.